The molecule has 1 aliphatic rings. The van der Waals surface area contributed by atoms with Crippen molar-refractivity contribution in [2.45, 2.75) is 24.5 Å². The third-order valence-electron chi connectivity index (χ3n) is 3.29. The molecule has 0 aromatic heterocycles. The first-order valence-corrected chi connectivity index (χ1v) is 6.98. The fourth-order valence-corrected chi connectivity index (χ4v) is 2.55. The average Bonchev–Trinajstić information content (AvgIpc) is 3.08. The lowest BCUT2D eigenvalue weighted by Crippen LogP contribution is -2.17. The maximum absolute atomic E-state index is 11.4. The molecule has 0 amide bonds. The number of carbonyl (C=O) groups excluding carboxylic acids is 1. The van der Waals surface area contributed by atoms with E-state index in [4.69, 9.17) is 5.73 Å². The quantitative estimate of drug-likeness (QED) is 0.623. The Morgan fingerprint density at radius 1 is 1.53 bits per heavy atom. The molecule has 4 heteroatoms. The van der Waals surface area contributed by atoms with E-state index in [0.29, 0.717) is 16.0 Å². The fraction of sp³-hybridized carbons (Fsp3) is 0.462. The molecule has 0 saturated heterocycles. The second kappa shape index (κ2) is 4.61. The number of nitrogens with one attached hydrogen (secondary N) is 1. The van der Waals surface area contributed by atoms with E-state index < -0.39 is 0 Å². The molecule has 3 N–H and O–H groups in total. The summed E-state index contributed by atoms with van der Waals surface area (Å²) in [6.45, 7) is 2.50. The molecule has 0 aliphatic heterocycles. The van der Waals surface area contributed by atoms with Crippen LogP contribution in [0.5, 0.6) is 0 Å². The summed E-state index contributed by atoms with van der Waals surface area (Å²) in [5.41, 5.74) is 7.89. The van der Waals surface area contributed by atoms with Crippen molar-refractivity contribution >= 4 is 28.9 Å². The van der Waals surface area contributed by atoms with E-state index in [9.17, 15) is 4.79 Å². The number of hydrogen-bond acceptors (Lipinski definition) is 4. The lowest BCUT2D eigenvalue weighted by Gasteiger charge is -2.15. The van der Waals surface area contributed by atoms with Crippen molar-refractivity contribution in [3.8, 4) is 0 Å². The molecule has 1 aromatic rings. The van der Waals surface area contributed by atoms with Gasteiger partial charge in [0.25, 0.3) is 0 Å². The van der Waals surface area contributed by atoms with Crippen LogP contribution in [0.15, 0.2) is 18.2 Å². The average molecular weight is 250 g/mol. The van der Waals surface area contributed by atoms with Crippen LogP contribution in [-0.4, -0.2) is 23.3 Å². The van der Waals surface area contributed by atoms with Crippen molar-refractivity contribution in [3.05, 3.63) is 23.8 Å². The number of benzene rings is 1. The predicted octanol–water partition coefficient (Wildman–Crippen LogP) is 2.78. The first-order valence-electron chi connectivity index (χ1n) is 5.76. The summed E-state index contributed by atoms with van der Waals surface area (Å²) < 4.78 is 0.414. The van der Waals surface area contributed by atoms with Crippen LogP contribution in [0.25, 0.3) is 0 Å². The normalized spacial score (nSPS) is 16.6. The Kier molecular flexibility index (Phi) is 3.33. The molecule has 0 atom stereocenters. The van der Waals surface area contributed by atoms with E-state index in [1.807, 2.05) is 23.9 Å². The molecule has 1 fully saturated rings. The molecule has 0 unspecified atom stereocenters. The maximum Gasteiger partial charge on any atom is 0.161 e. The zero-order chi connectivity index (χ0) is 12.5. The molecule has 17 heavy (non-hydrogen) atoms. The molecule has 0 bridgehead atoms. The van der Waals surface area contributed by atoms with Gasteiger partial charge >= 0.3 is 0 Å². The summed E-state index contributed by atoms with van der Waals surface area (Å²) in [7, 11) is 0. The molecule has 0 radical (unpaired) electrons. The largest absolute Gasteiger partial charge is 0.398 e. The predicted molar refractivity (Wildman–Crippen MR) is 74.8 cm³/mol. The number of thioether (sulfide) groups is 1. The summed E-state index contributed by atoms with van der Waals surface area (Å²) in [6, 6.07) is 5.56. The van der Waals surface area contributed by atoms with Crippen LogP contribution in [-0.2, 0) is 0 Å². The summed E-state index contributed by atoms with van der Waals surface area (Å²) in [5.74, 6) is 0.0113. The Labute approximate surface area is 106 Å². The van der Waals surface area contributed by atoms with Crippen molar-refractivity contribution in [2.75, 3.05) is 23.9 Å². The molecule has 1 aliphatic carbocycles. The number of ketones is 1. The van der Waals surface area contributed by atoms with E-state index in [0.717, 1.165) is 12.2 Å². The summed E-state index contributed by atoms with van der Waals surface area (Å²) in [5, 5.41) is 3.39. The minimum Gasteiger partial charge on any atom is -0.398 e. The van der Waals surface area contributed by atoms with Crippen molar-refractivity contribution < 1.29 is 4.79 Å². The van der Waals surface area contributed by atoms with Gasteiger partial charge in [-0.3, -0.25) is 4.79 Å². The van der Waals surface area contributed by atoms with E-state index in [2.05, 4.69) is 11.6 Å². The Bertz CT molecular complexity index is 441. The SMILES string of the molecule is CSC1(CNc2ccc(N)c(C(C)=O)c2)CC1. The van der Waals surface area contributed by atoms with Crippen molar-refractivity contribution in [2.24, 2.45) is 0 Å². The molecule has 1 aromatic carbocycles. The number of hydrogen-bond donors (Lipinski definition) is 2. The third kappa shape index (κ3) is 2.75. The van der Waals surface area contributed by atoms with E-state index in [1.54, 1.807) is 13.0 Å². The van der Waals surface area contributed by atoms with E-state index in [1.165, 1.54) is 12.8 Å². The van der Waals surface area contributed by atoms with Crippen LogP contribution < -0.4 is 11.1 Å². The van der Waals surface area contributed by atoms with Gasteiger partial charge in [-0.2, -0.15) is 11.8 Å². The minimum absolute atomic E-state index is 0.0113. The van der Waals surface area contributed by atoms with Gasteiger partial charge in [0.05, 0.1) is 0 Å². The van der Waals surface area contributed by atoms with Gasteiger partial charge in [0.15, 0.2) is 5.78 Å². The molecule has 2 rings (SSSR count). The van der Waals surface area contributed by atoms with Crippen LogP contribution >= 0.6 is 11.8 Å². The van der Waals surface area contributed by atoms with Gasteiger partial charge in [0.1, 0.15) is 0 Å². The van der Waals surface area contributed by atoms with Crippen molar-refractivity contribution in [3.63, 3.8) is 0 Å². The Morgan fingerprint density at radius 2 is 2.24 bits per heavy atom. The van der Waals surface area contributed by atoms with E-state index in [-0.39, 0.29) is 5.78 Å². The van der Waals surface area contributed by atoms with Gasteiger partial charge in [0.2, 0.25) is 0 Å². The van der Waals surface area contributed by atoms with Crippen LogP contribution in [0.2, 0.25) is 0 Å². The lowest BCUT2D eigenvalue weighted by molar-refractivity contribution is 0.101. The number of carbonyl (C=O) groups is 1. The molecular weight excluding hydrogens is 232 g/mol. The monoisotopic (exact) mass is 250 g/mol. The smallest absolute Gasteiger partial charge is 0.161 e. The molecule has 0 heterocycles. The highest BCUT2D eigenvalue weighted by molar-refractivity contribution is 8.00. The topological polar surface area (TPSA) is 55.1 Å². The van der Waals surface area contributed by atoms with E-state index >= 15 is 0 Å². The number of rotatable bonds is 5. The van der Waals surface area contributed by atoms with Crippen LogP contribution in [0.1, 0.15) is 30.1 Å². The van der Waals surface area contributed by atoms with Crippen LogP contribution in [0, 0.1) is 0 Å². The highest BCUT2D eigenvalue weighted by atomic mass is 32.2. The highest BCUT2D eigenvalue weighted by Crippen LogP contribution is 2.47. The molecule has 1 saturated carbocycles. The maximum atomic E-state index is 11.4. The Hall–Kier alpha value is -1.16. The molecule has 0 spiro atoms. The summed E-state index contributed by atoms with van der Waals surface area (Å²) >= 11 is 1.92. The minimum atomic E-state index is 0.0113. The van der Waals surface area contributed by atoms with Crippen molar-refractivity contribution in [1.29, 1.82) is 0 Å². The Balaban J connectivity index is 2.06. The van der Waals surface area contributed by atoms with Gasteiger partial charge in [-0.05, 0) is 44.2 Å². The third-order valence-corrected chi connectivity index (χ3v) is 4.71. The van der Waals surface area contributed by atoms with Crippen LogP contribution in [0.3, 0.4) is 0 Å². The van der Waals surface area contributed by atoms with Gasteiger partial charge < -0.3 is 11.1 Å². The first-order chi connectivity index (χ1) is 8.06. The number of nitrogen functional groups attached to an aromatic ring is 1. The zero-order valence-electron chi connectivity index (χ0n) is 10.2. The highest BCUT2D eigenvalue weighted by Gasteiger charge is 2.41. The Morgan fingerprint density at radius 3 is 2.76 bits per heavy atom. The van der Waals surface area contributed by atoms with Crippen molar-refractivity contribution in [1.82, 2.24) is 0 Å². The molecule has 3 nitrogen and oxygen atoms in total. The van der Waals surface area contributed by atoms with Gasteiger partial charge in [-0.1, -0.05) is 0 Å². The van der Waals surface area contributed by atoms with Crippen LogP contribution in [0.4, 0.5) is 11.4 Å². The van der Waals surface area contributed by atoms with Gasteiger partial charge in [-0.15, -0.1) is 0 Å². The number of anilines is 2. The molecular formula is C13H18N2OS. The first kappa shape index (κ1) is 12.3. The standard InChI is InChI=1S/C13H18N2OS/c1-9(16)11-7-10(3-4-12(11)14)15-8-13(17-2)5-6-13/h3-4,7,15H,5-6,8,14H2,1-2H3. The zero-order valence-corrected chi connectivity index (χ0v) is 11.1. The summed E-state index contributed by atoms with van der Waals surface area (Å²) in [6.07, 6.45) is 4.70. The fourth-order valence-electron chi connectivity index (χ4n) is 1.83. The van der Waals surface area contributed by atoms with Gasteiger partial charge in [0, 0.05) is 28.2 Å². The second-order valence-electron chi connectivity index (χ2n) is 4.60. The number of Topliss-reactive ketones (excluding diaryl/α,β-unsaturated/α-hetero) is 1. The second-order valence-corrected chi connectivity index (χ2v) is 5.87. The molecule has 92 valence electrons. The summed E-state index contributed by atoms with van der Waals surface area (Å²) in [4.78, 5) is 11.4. The lowest BCUT2D eigenvalue weighted by atomic mass is 10.1. The van der Waals surface area contributed by atoms with Gasteiger partial charge in [-0.25, -0.2) is 0 Å². The number of nitrogens with two attached hydrogens (primary N) is 1.